The summed E-state index contributed by atoms with van der Waals surface area (Å²) in [4.78, 5) is 11.5. The zero-order valence-corrected chi connectivity index (χ0v) is 11.6. The monoisotopic (exact) mass is 288 g/mol. The van der Waals surface area contributed by atoms with E-state index < -0.39 is 39.3 Å². The van der Waals surface area contributed by atoms with Gasteiger partial charge in [0.1, 0.15) is 0 Å². The molecule has 0 aromatic heterocycles. The maximum absolute atomic E-state index is 12.8. The van der Waals surface area contributed by atoms with Gasteiger partial charge in [0, 0.05) is 0 Å². The quantitative estimate of drug-likeness (QED) is 0.598. The molecule has 0 saturated heterocycles. The summed E-state index contributed by atoms with van der Waals surface area (Å²) in [5.41, 5.74) is -0.454. The minimum atomic E-state index is -5.58. The Kier molecular flexibility index (Phi) is 5.25. The summed E-state index contributed by atoms with van der Waals surface area (Å²) in [5, 5.41) is -4.49. The third-order valence-electron chi connectivity index (χ3n) is 3.20. The lowest BCUT2D eigenvalue weighted by Crippen LogP contribution is -2.37. The number of ether oxygens (including phenoxy) is 1. The van der Waals surface area contributed by atoms with Crippen LogP contribution < -0.4 is 0 Å². The van der Waals surface area contributed by atoms with E-state index in [0.29, 0.717) is 6.42 Å². The van der Waals surface area contributed by atoms with Crippen molar-refractivity contribution in [1.29, 1.82) is 0 Å². The van der Waals surface area contributed by atoms with Crippen molar-refractivity contribution in [3.8, 4) is 0 Å². The number of hydrogen-bond acceptors (Lipinski definition) is 4. The molecule has 1 N–H and O–H groups in total. The molecule has 1 unspecified atom stereocenters. The van der Waals surface area contributed by atoms with Crippen molar-refractivity contribution in [3.63, 3.8) is 0 Å². The Balaban J connectivity index is 4.64. The summed E-state index contributed by atoms with van der Waals surface area (Å²) in [6, 6.07) is 0. The SMILES string of the molecule is CCC(C)(C)C(C)C(=O)OCC(F)(F)S(=O)(=O)O. The molecule has 0 amide bonds. The summed E-state index contributed by atoms with van der Waals surface area (Å²) in [6.07, 6.45) is 0.623. The third kappa shape index (κ3) is 4.16. The standard InChI is InChI=1S/C10H18F2O5S/c1-5-9(3,4)7(2)8(13)17-6-10(11,12)18(14,15)16/h7H,5-6H2,1-4H3,(H,14,15,16). The molecule has 0 fully saturated rings. The summed E-state index contributed by atoms with van der Waals surface area (Å²) in [6.45, 7) is 5.18. The minimum Gasteiger partial charge on any atom is -0.458 e. The van der Waals surface area contributed by atoms with Gasteiger partial charge < -0.3 is 4.74 Å². The molecule has 1 atom stereocenters. The molecule has 108 valence electrons. The molecule has 18 heavy (non-hydrogen) atoms. The Hall–Kier alpha value is -0.760. The van der Waals surface area contributed by atoms with Gasteiger partial charge in [-0.05, 0) is 5.41 Å². The fraction of sp³-hybridized carbons (Fsp3) is 0.900. The van der Waals surface area contributed by atoms with Crippen molar-refractivity contribution in [1.82, 2.24) is 0 Å². The van der Waals surface area contributed by atoms with Gasteiger partial charge in [0.05, 0.1) is 5.92 Å². The number of alkyl halides is 2. The highest BCUT2D eigenvalue weighted by Crippen LogP contribution is 2.31. The molecule has 0 aliphatic heterocycles. The number of hydrogen-bond donors (Lipinski definition) is 1. The van der Waals surface area contributed by atoms with E-state index in [-0.39, 0.29) is 0 Å². The highest BCUT2D eigenvalue weighted by molar-refractivity contribution is 7.86. The van der Waals surface area contributed by atoms with Crippen molar-refractivity contribution >= 4 is 16.1 Å². The average Bonchev–Trinajstić information content (AvgIpc) is 2.23. The summed E-state index contributed by atoms with van der Waals surface area (Å²) < 4.78 is 58.7. The topological polar surface area (TPSA) is 80.7 Å². The van der Waals surface area contributed by atoms with Gasteiger partial charge in [-0.3, -0.25) is 9.35 Å². The van der Waals surface area contributed by atoms with Crippen LogP contribution in [0.15, 0.2) is 0 Å². The van der Waals surface area contributed by atoms with Gasteiger partial charge in [-0.2, -0.15) is 17.2 Å². The first-order valence-electron chi connectivity index (χ1n) is 5.36. The first-order valence-corrected chi connectivity index (χ1v) is 6.80. The third-order valence-corrected chi connectivity index (χ3v) is 4.07. The first kappa shape index (κ1) is 17.2. The van der Waals surface area contributed by atoms with Crippen LogP contribution in [0.1, 0.15) is 34.1 Å². The van der Waals surface area contributed by atoms with E-state index in [1.165, 1.54) is 6.92 Å². The highest BCUT2D eigenvalue weighted by Gasteiger charge is 2.46. The van der Waals surface area contributed by atoms with E-state index in [0.717, 1.165) is 0 Å². The van der Waals surface area contributed by atoms with Gasteiger partial charge in [-0.15, -0.1) is 0 Å². The van der Waals surface area contributed by atoms with E-state index in [1.54, 1.807) is 13.8 Å². The van der Waals surface area contributed by atoms with Crippen molar-refractivity contribution in [3.05, 3.63) is 0 Å². The van der Waals surface area contributed by atoms with Gasteiger partial charge in [0.25, 0.3) is 0 Å². The summed E-state index contributed by atoms with van der Waals surface area (Å²) >= 11 is 0. The van der Waals surface area contributed by atoms with Crippen LogP contribution in [-0.2, 0) is 19.6 Å². The van der Waals surface area contributed by atoms with E-state index in [4.69, 9.17) is 4.55 Å². The second-order valence-electron chi connectivity index (χ2n) is 4.78. The molecule has 5 nitrogen and oxygen atoms in total. The van der Waals surface area contributed by atoms with Crippen LogP contribution in [-0.4, -0.2) is 30.8 Å². The fourth-order valence-electron chi connectivity index (χ4n) is 0.980. The zero-order valence-electron chi connectivity index (χ0n) is 10.7. The van der Waals surface area contributed by atoms with E-state index in [9.17, 15) is 22.0 Å². The average molecular weight is 288 g/mol. The largest absolute Gasteiger partial charge is 0.458 e. The Morgan fingerprint density at radius 2 is 1.83 bits per heavy atom. The van der Waals surface area contributed by atoms with Gasteiger partial charge in [0.15, 0.2) is 6.61 Å². The number of halogens is 2. The number of carbonyl (C=O) groups excluding carboxylic acids is 1. The lowest BCUT2D eigenvalue weighted by atomic mass is 9.78. The molecular weight excluding hydrogens is 270 g/mol. The van der Waals surface area contributed by atoms with Crippen LogP contribution in [0.4, 0.5) is 8.78 Å². The van der Waals surface area contributed by atoms with Gasteiger partial charge >= 0.3 is 21.3 Å². The number of rotatable bonds is 6. The molecule has 0 aliphatic carbocycles. The molecule has 0 aliphatic rings. The van der Waals surface area contributed by atoms with Gasteiger partial charge in [-0.25, -0.2) is 0 Å². The molecule has 0 aromatic carbocycles. The second kappa shape index (κ2) is 5.48. The second-order valence-corrected chi connectivity index (χ2v) is 6.33. The van der Waals surface area contributed by atoms with E-state index in [2.05, 4.69) is 4.74 Å². The summed E-state index contributed by atoms with van der Waals surface area (Å²) in [5.74, 6) is -1.59. The molecule has 0 rings (SSSR count). The van der Waals surface area contributed by atoms with Crippen molar-refractivity contribution in [2.45, 2.75) is 39.4 Å². The highest BCUT2D eigenvalue weighted by atomic mass is 32.2. The number of esters is 1. The van der Waals surface area contributed by atoms with E-state index in [1.807, 2.05) is 6.92 Å². The predicted molar refractivity (Wildman–Crippen MR) is 60.7 cm³/mol. The Morgan fingerprint density at radius 3 is 2.17 bits per heavy atom. The zero-order chi connectivity index (χ0) is 14.8. The molecular formula is C10H18F2O5S. The lowest BCUT2D eigenvalue weighted by molar-refractivity contribution is -0.158. The summed E-state index contributed by atoms with van der Waals surface area (Å²) in [7, 11) is -5.58. The lowest BCUT2D eigenvalue weighted by Gasteiger charge is -2.29. The van der Waals surface area contributed by atoms with Crippen LogP contribution in [0, 0.1) is 11.3 Å². The van der Waals surface area contributed by atoms with Crippen LogP contribution in [0.2, 0.25) is 0 Å². The van der Waals surface area contributed by atoms with Gasteiger partial charge in [0.2, 0.25) is 0 Å². The van der Waals surface area contributed by atoms with E-state index >= 15 is 0 Å². The van der Waals surface area contributed by atoms with Crippen molar-refractivity contribution < 1.29 is 31.3 Å². The normalized spacial score (nSPS) is 15.3. The molecule has 0 bridgehead atoms. The van der Waals surface area contributed by atoms with Crippen LogP contribution in [0.3, 0.4) is 0 Å². The molecule has 0 spiro atoms. The predicted octanol–water partition coefficient (Wildman–Crippen LogP) is 2.08. The molecule has 0 aromatic rings. The smallest absolute Gasteiger partial charge is 0.402 e. The first-order chi connectivity index (χ1) is 7.85. The maximum Gasteiger partial charge on any atom is 0.402 e. The van der Waals surface area contributed by atoms with Crippen LogP contribution in [0.25, 0.3) is 0 Å². The number of carbonyl (C=O) groups is 1. The maximum atomic E-state index is 12.8. The van der Waals surface area contributed by atoms with Crippen molar-refractivity contribution in [2.75, 3.05) is 6.61 Å². The molecule has 0 heterocycles. The molecule has 0 radical (unpaired) electrons. The van der Waals surface area contributed by atoms with Crippen LogP contribution >= 0.6 is 0 Å². The fourth-order valence-corrected chi connectivity index (χ4v) is 1.19. The molecule has 8 heteroatoms. The Morgan fingerprint density at radius 1 is 1.39 bits per heavy atom. The minimum absolute atomic E-state index is 0.454. The van der Waals surface area contributed by atoms with Gasteiger partial charge in [-0.1, -0.05) is 34.1 Å². The van der Waals surface area contributed by atoms with Crippen LogP contribution in [0.5, 0.6) is 0 Å². The Bertz CT molecular complexity index is 402. The van der Waals surface area contributed by atoms with Crippen molar-refractivity contribution in [2.24, 2.45) is 11.3 Å². The Labute approximate surface area is 105 Å². The molecule has 0 saturated carbocycles.